The third-order valence-electron chi connectivity index (χ3n) is 4.13. The Kier molecular flexibility index (Phi) is 6.93. The van der Waals surface area contributed by atoms with Crippen LogP contribution in [0.5, 0.6) is 11.6 Å². The van der Waals surface area contributed by atoms with E-state index in [4.69, 9.17) is 4.74 Å². The molecule has 0 radical (unpaired) electrons. The molecule has 0 saturated heterocycles. The zero-order valence-electron chi connectivity index (χ0n) is 16.4. The molecule has 2 N–H and O–H groups in total. The van der Waals surface area contributed by atoms with Gasteiger partial charge in [-0.2, -0.15) is 4.72 Å². The maximum atomic E-state index is 13.7. The summed E-state index contributed by atoms with van der Waals surface area (Å²) in [5.41, 5.74) is 0.629. The highest BCUT2D eigenvalue weighted by Crippen LogP contribution is 2.20. The number of carbonyl (C=O) groups excluding carboxylic acids is 1. The van der Waals surface area contributed by atoms with Gasteiger partial charge in [0.05, 0.1) is 6.04 Å². The second-order valence-electron chi connectivity index (χ2n) is 6.56. The summed E-state index contributed by atoms with van der Waals surface area (Å²) in [5.74, 6) is -1.40. The number of aromatic nitrogens is 1. The van der Waals surface area contributed by atoms with Crippen LogP contribution < -0.4 is 14.8 Å². The molecule has 1 heterocycles. The molecule has 0 saturated carbocycles. The predicted molar refractivity (Wildman–Crippen MR) is 109 cm³/mol. The monoisotopic (exact) mass is 447 g/mol. The minimum Gasteiger partial charge on any atom is -0.439 e. The van der Waals surface area contributed by atoms with Crippen molar-refractivity contribution >= 4 is 15.9 Å². The van der Waals surface area contributed by atoms with Crippen LogP contribution in [0.4, 0.5) is 8.78 Å². The van der Waals surface area contributed by atoms with Gasteiger partial charge < -0.3 is 10.1 Å². The van der Waals surface area contributed by atoms with Gasteiger partial charge in [-0.25, -0.2) is 22.2 Å². The first-order valence-electron chi connectivity index (χ1n) is 9.17. The lowest BCUT2D eigenvalue weighted by molar-refractivity contribution is -0.122. The minimum atomic E-state index is -4.20. The number of carbonyl (C=O) groups is 1. The molecule has 7 nitrogen and oxygen atoms in total. The van der Waals surface area contributed by atoms with Crippen LogP contribution in [-0.4, -0.2) is 25.4 Å². The first-order chi connectivity index (χ1) is 14.7. The zero-order valence-corrected chi connectivity index (χ0v) is 17.2. The summed E-state index contributed by atoms with van der Waals surface area (Å²) in [7, 11) is -4.20. The van der Waals surface area contributed by atoms with E-state index in [2.05, 4.69) is 15.0 Å². The van der Waals surface area contributed by atoms with Crippen molar-refractivity contribution in [3.05, 3.63) is 84.1 Å². The van der Waals surface area contributed by atoms with Crippen LogP contribution in [0.1, 0.15) is 12.5 Å². The molecule has 0 unspecified atom stereocenters. The second kappa shape index (κ2) is 9.63. The molecule has 0 bridgehead atoms. The Bertz CT molecular complexity index is 1170. The summed E-state index contributed by atoms with van der Waals surface area (Å²) in [6.45, 7) is 1.43. The topological polar surface area (TPSA) is 97.4 Å². The van der Waals surface area contributed by atoms with Gasteiger partial charge in [0.25, 0.3) is 0 Å². The Morgan fingerprint density at radius 3 is 2.55 bits per heavy atom. The summed E-state index contributed by atoms with van der Waals surface area (Å²) < 4.78 is 59.1. The van der Waals surface area contributed by atoms with Crippen molar-refractivity contribution in [2.75, 3.05) is 0 Å². The van der Waals surface area contributed by atoms with Crippen molar-refractivity contribution < 1.29 is 26.7 Å². The van der Waals surface area contributed by atoms with Gasteiger partial charge in [-0.3, -0.25) is 4.79 Å². The average Bonchev–Trinajstić information content (AvgIpc) is 2.73. The first-order valence-corrected chi connectivity index (χ1v) is 10.7. The van der Waals surface area contributed by atoms with Crippen molar-refractivity contribution in [2.24, 2.45) is 0 Å². The molecular weight excluding hydrogens is 428 g/mol. The van der Waals surface area contributed by atoms with Gasteiger partial charge in [0.2, 0.25) is 21.8 Å². The molecule has 0 spiro atoms. The highest BCUT2D eigenvalue weighted by molar-refractivity contribution is 7.89. The molecule has 0 aliphatic carbocycles. The normalized spacial score (nSPS) is 12.2. The van der Waals surface area contributed by atoms with Gasteiger partial charge in [0, 0.05) is 24.9 Å². The molecule has 10 heteroatoms. The Morgan fingerprint density at radius 1 is 1.10 bits per heavy atom. The van der Waals surface area contributed by atoms with Crippen LogP contribution in [0.25, 0.3) is 0 Å². The highest BCUT2D eigenvalue weighted by Gasteiger charge is 2.24. The summed E-state index contributed by atoms with van der Waals surface area (Å²) >= 11 is 0. The number of nitrogens with zero attached hydrogens (tertiary/aromatic N) is 1. The van der Waals surface area contributed by atoms with E-state index in [1.165, 1.54) is 43.5 Å². The van der Waals surface area contributed by atoms with Crippen LogP contribution in [0.3, 0.4) is 0 Å². The Labute approximate surface area is 178 Å². The SMILES string of the molecule is C[C@H](NS(=O)(=O)c1ccccc1F)C(=O)NCc1ccc(Oc2cccc(F)c2)nc1. The predicted octanol–water partition coefficient (Wildman–Crippen LogP) is 3.14. The summed E-state index contributed by atoms with van der Waals surface area (Å²) in [4.78, 5) is 15.8. The Morgan fingerprint density at radius 2 is 1.87 bits per heavy atom. The van der Waals surface area contributed by atoms with Crippen molar-refractivity contribution in [3.63, 3.8) is 0 Å². The standard InChI is InChI=1S/C21H19F2N3O4S/c1-14(26-31(28,29)19-8-3-2-7-18(19)23)21(27)25-13-15-9-10-20(24-12-15)30-17-6-4-5-16(22)11-17/h2-12,14,26H,13H2,1H3,(H,25,27)/t14-/m0/s1. The third-order valence-corrected chi connectivity index (χ3v) is 5.71. The fraction of sp³-hybridized carbons (Fsp3) is 0.143. The largest absolute Gasteiger partial charge is 0.439 e. The minimum absolute atomic E-state index is 0.0812. The first kappa shape index (κ1) is 22.3. The second-order valence-corrected chi connectivity index (χ2v) is 8.24. The smallest absolute Gasteiger partial charge is 0.244 e. The zero-order chi connectivity index (χ0) is 22.4. The third kappa shape index (κ3) is 6.06. The number of amides is 1. The molecule has 3 rings (SSSR count). The van der Waals surface area contributed by atoms with E-state index in [0.29, 0.717) is 11.3 Å². The number of nitrogens with one attached hydrogen (secondary N) is 2. The van der Waals surface area contributed by atoms with Crippen LogP contribution in [0.15, 0.2) is 71.8 Å². The molecule has 162 valence electrons. The Hall–Kier alpha value is -3.37. The Balaban J connectivity index is 1.54. The van der Waals surface area contributed by atoms with Gasteiger partial charge in [0.1, 0.15) is 22.3 Å². The van der Waals surface area contributed by atoms with E-state index in [-0.39, 0.29) is 12.4 Å². The van der Waals surface area contributed by atoms with Crippen molar-refractivity contribution in [2.45, 2.75) is 24.4 Å². The van der Waals surface area contributed by atoms with E-state index in [1.54, 1.807) is 18.2 Å². The lowest BCUT2D eigenvalue weighted by Gasteiger charge is -2.15. The molecule has 0 aliphatic heterocycles. The molecule has 0 aliphatic rings. The molecule has 0 fully saturated rings. The lowest BCUT2D eigenvalue weighted by Crippen LogP contribution is -2.44. The van der Waals surface area contributed by atoms with E-state index in [9.17, 15) is 22.0 Å². The number of hydrogen-bond donors (Lipinski definition) is 2. The van der Waals surface area contributed by atoms with Crippen molar-refractivity contribution in [1.29, 1.82) is 0 Å². The van der Waals surface area contributed by atoms with E-state index >= 15 is 0 Å². The maximum Gasteiger partial charge on any atom is 0.244 e. The lowest BCUT2D eigenvalue weighted by atomic mass is 10.2. The maximum absolute atomic E-state index is 13.7. The summed E-state index contributed by atoms with van der Waals surface area (Å²) in [5, 5.41) is 2.57. The van der Waals surface area contributed by atoms with Crippen LogP contribution in [0, 0.1) is 11.6 Å². The molecule has 1 amide bonds. The molecule has 31 heavy (non-hydrogen) atoms. The number of ether oxygens (including phenoxy) is 1. The van der Waals surface area contributed by atoms with Crippen molar-refractivity contribution in [1.82, 2.24) is 15.0 Å². The number of hydrogen-bond acceptors (Lipinski definition) is 5. The molecule has 1 aromatic heterocycles. The quantitative estimate of drug-likeness (QED) is 0.553. The van der Waals surface area contributed by atoms with Crippen LogP contribution in [0.2, 0.25) is 0 Å². The number of benzene rings is 2. The van der Waals surface area contributed by atoms with Gasteiger partial charge in [0.15, 0.2) is 0 Å². The van der Waals surface area contributed by atoms with Crippen molar-refractivity contribution in [3.8, 4) is 11.6 Å². The van der Waals surface area contributed by atoms with E-state index in [0.717, 1.165) is 12.1 Å². The van der Waals surface area contributed by atoms with Crippen LogP contribution >= 0.6 is 0 Å². The van der Waals surface area contributed by atoms with E-state index < -0.39 is 38.5 Å². The fourth-order valence-electron chi connectivity index (χ4n) is 2.58. The number of rotatable bonds is 8. The van der Waals surface area contributed by atoms with Crippen LogP contribution in [-0.2, 0) is 21.4 Å². The van der Waals surface area contributed by atoms with Gasteiger partial charge in [-0.05, 0) is 36.8 Å². The van der Waals surface area contributed by atoms with Gasteiger partial charge >= 0.3 is 0 Å². The number of halogens is 2. The summed E-state index contributed by atoms with van der Waals surface area (Å²) in [6.07, 6.45) is 1.46. The van der Waals surface area contributed by atoms with E-state index in [1.807, 2.05) is 0 Å². The number of pyridine rings is 1. The van der Waals surface area contributed by atoms with Gasteiger partial charge in [-0.15, -0.1) is 0 Å². The molecule has 2 aromatic carbocycles. The average molecular weight is 447 g/mol. The molecular formula is C21H19F2N3O4S. The molecule has 1 atom stereocenters. The summed E-state index contributed by atoms with van der Waals surface area (Å²) in [6, 6.07) is 12.6. The molecule has 3 aromatic rings. The number of sulfonamides is 1. The van der Waals surface area contributed by atoms with Gasteiger partial charge in [-0.1, -0.05) is 24.3 Å². The fourth-order valence-corrected chi connectivity index (χ4v) is 3.86. The highest BCUT2D eigenvalue weighted by atomic mass is 32.2.